The summed E-state index contributed by atoms with van der Waals surface area (Å²) in [4.78, 5) is 59.7. The lowest BCUT2D eigenvalue weighted by Gasteiger charge is -2.34. The Balaban J connectivity index is 1.65. The van der Waals surface area contributed by atoms with Crippen LogP contribution in [0.3, 0.4) is 0 Å². The molecule has 0 bridgehead atoms. The highest BCUT2D eigenvalue weighted by molar-refractivity contribution is 7.98. The molecule has 1 saturated heterocycles. The molecule has 1 fully saturated rings. The average Bonchev–Trinajstić information content (AvgIpc) is 2.88. The number of nitrogens with zero attached hydrogens (tertiary/aromatic N) is 6. The number of rotatable bonds is 4. The first kappa shape index (κ1) is 23.1. The highest BCUT2D eigenvalue weighted by atomic mass is 32.2. The fourth-order valence-corrected chi connectivity index (χ4v) is 4.78. The van der Waals surface area contributed by atoms with Gasteiger partial charge in [-0.1, -0.05) is 11.8 Å². The van der Waals surface area contributed by atoms with E-state index in [0.29, 0.717) is 58.9 Å². The van der Waals surface area contributed by atoms with E-state index in [-0.39, 0.29) is 17.3 Å². The zero-order chi connectivity index (χ0) is 24.7. The number of likely N-dealkylation sites (tertiary alicyclic amines) is 1. The number of aromatic nitrogens is 6. The van der Waals surface area contributed by atoms with Crippen molar-refractivity contribution in [3.8, 4) is 11.3 Å². The van der Waals surface area contributed by atoms with Gasteiger partial charge >= 0.3 is 5.69 Å². The van der Waals surface area contributed by atoms with Crippen molar-refractivity contribution in [1.82, 2.24) is 34.4 Å². The first-order valence-electron chi connectivity index (χ1n) is 11.1. The van der Waals surface area contributed by atoms with Gasteiger partial charge in [0.05, 0.1) is 22.1 Å². The smallest absolute Gasteiger partial charge is 0.329 e. The van der Waals surface area contributed by atoms with Crippen LogP contribution in [0.5, 0.6) is 0 Å². The average molecular weight is 494 g/mol. The maximum absolute atomic E-state index is 13.1. The van der Waals surface area contributed by atoms with Crippen molar-refractivity contribution < 1.29 is 9.90 Å². The van der Waals surface area contributed by atoms with Gasteiger partial charge in [-0.25, -0.2) is 19.7 Å². The monoisotopic (exact) mass is 493 g/mol. The van der Waals surface area contributed by atoms with Crippen LogP contribution in [-0.4, -0.2) is 70.8 Å². The van der Waals surface area contributed by atoms with E-state index >= 15 is 0 Å². The van der Waals surface area contributed by atoms with Gasteiger partial charge in [-0.2, -0.15) is 0 Å². The van der Waals surface area contributed by atoms with Crippen molar-refractivity contribution in [2.75, 3.05) is 19.3 Å². The summed E-state index contributed by atoms with van der Waals surface area (Å²) in [6.07, 6.45) is 6.62. The Hall–Kier alpha value is -3.64. The Labute approximate surface area is 203 Å². The van der Waals surface area contributed by atoms with Gasteiger partial charge in [-0.05, 0) is 38.2 Å². The van der Waals surface area contributed by atoms with Crippen LogP contribution in [0.25, 0.3) is 33.2 Å². The van der Waals surface area contributed by atoms with Gasteiger partial charge in [0.25, 0.3) is 11.5 Å². The van der Waals surface area contributed by atoms with Crippen molar-refractivity contribution >= 4 is 39.6 Å². The summed E-state index contributed by atoms with van der Waals surface area (Å²) in [5, 5.41) is 10.5. The first-order valence-corrected chi connectivity index (χ1v) is 12.4. The maximum atomic E-state index is 13.1. The summed E-state index contributed by atoms with van der Waals surface area (Å²) >= 11 is 1.43. The Morgan fingerprint density at radius 1 is 1.14 bits per heavy atom. The SMILES string of the molecule is CSc1ncc(-c2ccc3ncc4c(=O)[nH]c(=O)n(C5CCN(C(=O)[C@H](C)O)CC5)c4c3n2)cn1. The molecule has 1 amide bonds. The van der Waals surface area contributed by atoms with E-state index in [9.17, 15) is 19.5 Å². The van der Waals surface area contributed by atoms with Gasteiger partial charge in [-0.3, -0.25) is 24.1 Å². The second-order valence-electron chi connectivity index (χ2n) is 8.40. The summed E-state index contributed by atoms with van der Waals surface area (Å²) in [7, 11) is 0. The lowest BCUT2D eigenvalue weighted by molar-refractivity contribution is -0.140. The Bertz CT molecular complexity index is 1540. The largest absolute Gasteiger partial charge is 0.384 e. The molecule has 0 aromatic carbocycles. The summed E-state index contributed by atoms with van der Waals surface area (Å²) < 4.78 is 1.56. The van der Waals surface area contributed by atoms with Crippen LogP contribution >= 0.6 is 11.8 Å². The van der Waals surface area contributed by atoms with E-state index in [1.807, 2.05) is 6.26 Å². The van der Waals surface area contributed by atoms with Crippen LogP contribution in [0.15, 0.2) is 45.5 Å². The number of hydrogen-bond acceptors (Lipinski definition) is 9. The number of pyridine rings is 2. The number of piperidine rings is 1. The Kier molecular flexibility index (Phi) is 6.07. The lowest BCUT2D eigenvalue weighted by atomic mass is 10.0. The molecule has 12 heteroatoms. The third kappa shape index (κ3) is 4.19. The fourth-order valence-electron chi connectivity index (χ4n) is 4.46. The molecule has 0 saturated carbocycles. The number of aliphatic hydroxyl groups is 1. The topological polar surface area (TPSA) is 147 Å². The normalized spacial score (nSPS) is 15.6. The zero-order valence-corrected chi connectivity index (χ0v) is 19.9. The number of carbonyl (C=O) groups excluding carboxylic acids is 1. The van der Waals surface area contributed by atoms with Crippen LogP contribution in [0.1, 0.15) is 25.8 Å². The van der Waals surface area contributed by atoms with Gasteiger partial charge in [-0.15, -0.1) is 0 Å². The van der Waals surface area contributed by atoms with Crippen molar-refractivity contribution in [3.63, 3.8) is 0 Å². The quantitative estimate of drug-likeness (QED) is 0.244. The third-order valence-corrected chi connectivity index (χ3v) is 6.79. The van der Waals surface area contributed by atoms with Crippen LogP contribution in [-0.2, 0) is 4.79 Å². The van der Waals surface area contributed by atoms with E-state index in [1.54, 1.807) is 34.0 Å². The molecule has 5 rings (SSSR count). The molecule has 1 aliphatic heterocycles. The van der Waals surface area contributed by atoms with Crippen LogP contribution in [0.4, 0.5) is 0 Å². The van der Waals surface area contributed by atoms with E-state index in [4.69, 9.17) is 4.98 Å². The second kappa shape index (κ2) is 9.19. The molecule has 180 valence electrons. The summed E-state index contributed by atoms with van der Waals surface area (Å²) in [6.45, 7) is 2.22. The van der Waals surface area contributed by atoms with Crippen LogP contribution < -0.4 is 11.2 Å². The minimum Gasteiger partial charge on any atom is -0.384 e. The number of nitrogens with one attached hydrogen (secondary N) is 1. The molecule has 4 aromatic rings. The number of H-pyrrole nitrogens is 1. The highest BCUT2D eigenvalue weighted by Gasteiger charge is 2.28. The maximum Gasteiger partial charge on any atom is 0.329 e. The summed E-state index contributed by atoms with van der Waals surface area (Å²) in [6, 6.07) is 3.33. The molecule has 0 radical (unpaired) electrons. The molecular weight excluding hydrogens is 470 g/mol. The molecule has 0 aliphatic carbocycles. The molecule has 1 aliphatic rings. The summed E-state index contributed by atoms with van der Waals surface area (Å²) in [5.41, 5.74) is 1.62. The standard InChI is InChI=1S/C23H23N7O4S/c1-12(31)21(33)29-7-5-14(6-8-29)30-19-15(20(32)28-23(30)34)11-24-17-4-3-16(27-18(17)19)13-9-25-22(35-2)26-10-13/h3-4,9-12,14,31H,5-8H2,1-2H3,(H,28,32,34)/t12-/m0/s1. The number of carbonyl (C=O) groups is 1. The molecule has 0 unspecified atom stereocenters. The third-order valence-electron chi connectivity index (χ3n) is 6.22. The van der Waals surface area contributed by atoms with Crippen molar-refractivity contribution in [2.45, 2.75) is 37.1 Å². The number of thioether (sulfide) groups is 1. The van der Waals surface area contributed by atoms with E-state index < -0.39 is 17.4 Å². The molecule has 11 nitrogen and oxygen atoms in total. The van der Waals surface area contributed by atoms with Crippen LogP contribution in [0, 0.1) is 0 Å². The number of hydrogen-bond donors (Lipinski definition) is 2. The van der Waals surface area contributed by atoms with E-state index in [2.05, 4.69) is 19.9 Å². The Morgan fingerprint density at radius 3 is 2.51 bits per heavy atom. The number of aliphatic hydroxyl groups excluding tert-OH is 1. The minimum atomic E-state index is -1.07. The van der Waals surface area contributed by atoms with E-state index in [0.717, 1.165) is 0 Å². The molecule has 5 heterocycles. The van der Waals surface area contributed by atoms with E-state index in [1.165, 1.54) is 24.9 Å². The van der Waals surface area contributed by atoms with Crippen molar-refractivity contribution in [3.05, 3.63) is 51.6 Å². The second-order valence-corrected chi connectivity index (χ2v) is 9.18. The van der Waals surface area contributed by atoms with Gasteiger partial charge in [0.2, 0.25) is 0 Å². The lowest BCUT2D eigenvalue weighted by Crippen LogP contribution is -2.45. The molecule has 0 spiro atoms. The molecule has 1 atom stereocenters. The van der Waals surface area contributed by atoms with Gasteiger partial charge in [0, 0.05) is 43.3 Å². The molecular formula is C23H23N7O4S. The number of amides is 1. The summed E-state index contributed by atoms with van der Waals surface area (Å²) in [5.74, 6) is -0.335. The van der Waals surface area contributed by atoms with Crippen molar-refractivity contribution in [1.29, 1.82) is 0 Å². The van der Waals surface area contributed by atoms with Crippen molar-refractivity contribution in [2.24, 2.45) is 0 Å². The van der Waals surface area contributed by atoms with Gasteiger partial charge in [0.15, 0.2) is 5.16 Å². The first-order chi connectivity index (χ1) is 16.9. The number of aromatic amines is 1. The molecule has 35 heavy (non-hydrogen) atoms. The fraction of sp³-hybridized carbons (Fsp3) is 0.348. The van der Waals surface area contributed by atoms with Gasteiger partial charge in [0.1, 0.15) is 11.6 Å². The zero-order valence-electron chi connectivity index (χ0n) is 19.1. The minimum absolute atomic E-state index is 0.262. The number of fused-ring (bicyclic) bond motifs is 3. The highest BCUT2D eigenvalue weighted by Crippen LogP contribution is 2.29. The van der Waals surface area contributed by atoms with Crippen LogP contribution in [0.2, 0.25) is 0 Å². The predicted octanol–water partition coefficient (Wildman–Crippen LogP) is 1.36. The van der Waals surface area contributed by atoms with Gasteiger partial charge < -0.3 is 10.0 Å². The molecule has 2 N–H and O–H groups in total. The Morgan fingerprint density at radius 2 is 1.86 bits per heavy atom. The predicted molar refractivity (Wildman–Crippen MR) is 131 cm³/mol. The molecule has 4 aromatic heterocycles.